The summed E-state index contributed by atoms with van der Waals surface area (Å²) in [6.07, 6.45) is 1.39. The second kappa shape index (κ2) is 11.0. The summed E-state index contributed by atoms with van der Waals surface area (Å²) in [5, 5.41) is 0. The van der Waals surface area contributed by atoms with E-state index in [1.165, 1.54) is 11.1 Å². The highest BCUT2D eigenvalue weighted by atomic mass is 16.5. The highest BCUT2D eigenvalue weighted by molar-refractivity contribution is 5.72. The Hall–Kier alpha value is -2.37. The van der Waals surface area contributed by atoms with Crippen molar-refractivity contribution in [2.75, 3.05) is 46.4 Å². The maximum Gasteiger partial charge on any atom is 0.310 e. The van der Waals surface area contributed by atoms with Crippen molar-refractivity contribution in [3.63, 3.8) is 0 Å². The minimum Gasteiger partial charge on any atom is -0.497 e. The highest BCUT2D eigenvalue weighted by Gasteiger charge is 2.16. The largest absolute Gasteiger partial charge is 0.497 e. The molecule has 1 aliphatic rings. The Morgan fingerprint density at radius 3 is 2.07 bits per heavy atom. The first-order valence-corrected chi connectivity index (χ1v) is 10.5. The van der Waals surface area contributed by atoms with Crippen LogP contribution in [-0.4, -0.2) is 62.2 Å². The summed E-state index contributed by atoms with van der Waals surface area (Å²) in [6, 6.07) is 16.7. The van der Waals surface area contributed by atoms with Gasteiger partial charge in [-0.15, -0.1) is 0 Å². The number of ether oxygens (including phenoxy) is 2. The molecule has 156 valence electrons. The highest BCUT2D eigenvalue weighted by Crippen LogP contribution is 2.14. The second-order valence-corrected chi connectivity index (χ2v) is 7.51. The second-order valence-electron chi connectivity index (χ2n) is 7.51. The Balaban J connectivity index is 1.37. The molecule has 1 heterocycles. The number of esters is 1. The van der Waals surface area contributed by atoms with Gasteiger partial charge in [0.25, 0.3) is 0 Å². The zero-order valence-electron chi connectivity index (χ0n) is 17.6. The number of rotatable bonds is 9. The smallest absolute Gasteiger partial charge is 0.310 e. The zero-order chi connectivity index (χ0) is 20.5. The molecule has 2 aromatic carbocycles. The molecule has 0 aliphatic carbocycles. The molecule has 2 aromatic rings. The first kappa shape index (κ1) is 21.3. The average Bonchev–Trinajstić information content (AvgIpc) is 2.75. The van der Waals surface area contributed by atoms with Gasteiger partial charge in [-0.3, -0.25) is 9.69 Å². The quantitative estimate of drug-likeness (QED) is 0.609. The van der Waals surface area contributed by atoms with E-state index in [-0.39, 0.29) is 5.97 Å². The van der Waals surface area contributed by atoms with E-state index in [2.05, 4.69) is 34.1 Å². The Labute approximate surface area is 174 Å². The molecule has 0 aromatic heterocycles. The fraction of sp³-hybridized carbons (Fsp3) is 0.458. The Morgan fingerprint density at radius 2 is 1.45 bits per heavy atom. The van der Waals surface area contributed by atoms with Crippen LogP contribution in [0.5, 0.6) is 5.75 Å². The molecular formula is C24H32N2O3. The van der Waals surface area contributed by atoms with Gasteiger partial charge in [-0.25, -0.2) is 0 Å². The molecule has 1 saturated heterocycles. The van der Waals surface area contributed by atoms with E-state index in [1.54, 1.807) is 7.11 Å². The Kier molecular flexibility index (Phi) is 8.08. The van der Waals surface area contributed by atoms with Gasteiger partial charge in [0.1, 0.15) is 5.75 Å². The summed E-state index contributed by atoms with van der Waals surface area (Å²) < 4.78 is 10.2. The van der Waals surface area contributed by atoms with Crippen LogP contribution in [0.25, 0.3) is 0 Å². The van der Waals surface area contributed by atoms with Gasteiger partial charge in [-0.2, -0.15) is 0 Å². The molecule has 5 heteroatoms. The Bertz CT molecular complexity index is 751. The molecule has 1 fully saturated rings. The molecule has 0 bridgehead atoms. The van der Waals surface area contributed by atoms with Crippen molar-refractivity contribution in [1.82, 2.24) is 9.80 Å². The van der Waals surface area contributed by atoms with E-state index in [4.69, 9.17) is 9.47 Å². The molecule has 0 N–H and O–H groups in total. The third kappa shape index (κ3) is 6.87. The average molecular weight is 397 g/mol. The summed E-state index contributed by atoms with van der Waals surface area (Å²) in [4.78, 5) is 16.6. The van der Waals surface area contributed by atoms with Crippen molar-refractivity contribution >= 4 is 5.97 Å². The van der Waals surface area contributed by atoms with Crippen molar-refractivity contribution < 1.29 is 14.3 Å². The summed E-state index contributed by atoms with van der Waals surface area (Å²) in [7, 11) is 1.70. The summed E-state index contributed by atoms with van der Waals surface area (Å²) in [5.41, 5.74) is 3.67. The third-order valence-electron chi connectivity index (χ3n) is 5.42. The fourth-order valence-electron chi connectivity index (χ4n) is 3.65. The summed E-state index contributed by atoms with van der Waals surface area (Å²) in [6.45, 7) is 8.76. The van der Waals surface area contributed by atoms with Crippen LogP contribution in [0.1, 0.15) is 23.6 Å². The van der Waals surface area contributed by atoms with Gasteiger partial charge < -0.3 is 14.4 Å². The van der Waals surface area contributed by atoms with E-state index < -0.39 is 0 Å². The molecule has 29 heavy (non-hydrogen) atoms. The van der Waals surface area contributed by atoms with Gasteiger partial charge in [0, 0.05) is 39.3 Å². The van der Waals surface area contributed by atoms with Crippen LogP contribution in [0.15, 0.2) is 48.5 Å². The molecule has 0 radical (unpaired) electrons. The molecule has 0 unspecified atom stereocenters. The number of nitrogens with zero attached hydrogens (tertiary/aromatic N) is 2. The number of carbonyl (C=O) groups excluding carboxylic acids is 1. The fourth-order valence-corrected chi connectivity index (χ4v) is 3.65. The lowest BCUT2D eigenvalue weighted by molar-refractivity contribution is -0.142. The molecule has 1 aliphatic heterocycles. The van der Waals surface area contributed by atoms with Gasteiger partial charge in [0.2, 0.25) is 0 Å². The molecule has 0 amide bonds. The van der Waals surface area contributed by atoms with Crippen LogP contribution < -0.4 is 4.74 Å². The minimum atomic E-state index is -0.159. The van der Waals surface area contributed by atoms with Crippen LogP contribution in [0, 0.1) is 0 Å². The number of methoxy groups -OCH3 is 1. The number of carbonyl (C=O) groups is 1. The lowest BCUT2D eigenvalue weighted by Gasteiger charge is -2.34. The normalized spacial score (nSPS) is 15.2. The standard InChI is InChI=1S/C24H32N2O3/c1-3-29-24(27)18-21-6-4-20(5-7-21)12-13-25-14-16-26(17-15-25)19-22-8-10-23(28-2)11-9-22/h4-11H,3,12-19H2,1-2H3. The number of piperazine rings is 1. The molecular weight excluding hydrogens is 364 g/mol. The van der Waals surface area contributed by atoms with Crippen molar-refractivity contribution in [3.05, 3.63) is 65.2 Å². The first-order chi connectivity index (χ1) is 14.2. The first-order valence-electron chi connectivity index (χ1n) is 10.5. The van der Waals surface area contributed by atoms with Gasteiger partial charge in [0.15, 0.2) is 0 Å². The monoisotopic (exact) mass is 396 g/mol. The minimum absolute atomic E-state index is 0.159. The van der Waals surface area contributed by atoms with Gasteiger partial charge in [-0.1, -0.05) is 36.4 Å². The third-order valence-corrected chi connectivity index (χ3v) is 5.42. The number of benzene rings is 2. The van der Waals surface area contributed by atoms with Crippen LogP contribution >= 0.6 is 0 Å². The van der Waals surface area contributed by atoms with Crippen molar-refractivity contribution in [3.8, 4) is 5.75 Å². The maximum absolute atomic E-state index is 11.6. The van der Waals surface area contributed by atoms with E-state index in [1.807, 2.05) is 31.2 Å². The van der Waals surface area contributed by atoms with Gasteiger partial charge >= 0.3 is 5.97 Å². The van der Waals surface area contributed by atoms with E-state index in [0.717, 1.165) is 57.0 Å². The predicted octanol–water partition coefficient (Wildman–Crippen LogP) is 3.16. The van der Waals surface area contributed by atoms with Crippen molar-refractivity contribution in [2.24, 2.45) is 0 Å². The Morgan fingerprint density at radius 1 is 0.862 bits per heavy atom. The van der Waals surface area contributed by atoms with Crippen LogP contribution in [0.3, 0.4) is 0 Å². The summed E-state index contributed by atoms with van der Waals surface area (Å²) in [5.74, 6) is 0.750. The van der Waals surface area contributed by atoms with Crippen molar-refractivity contribution in [2.45, 2.75) is 26.3 Å². The van der Waals surface area contributed by atoms with Gasteiger partial charge in [0.05, 0.1) is 20.1 Å². The predicted molar refractivity (Wildman–Crippen MR) is 115 cm³/mol. The molecule has 5 nitrogen and oxygen atoms in total. The van der Waals surface area contributed by atoms with Crippen LogP contribution in [0.4, 0.5) is 0 Å². The SMILES string of the molecule is CCOC(=O)Cc1ccc(CCN2CCN(Cc3ccc(OC)cc3)CC2)cc1. The maximum atomic E-state index is 11.6. The zero-order valence-corrected chi connectivity index (χ0v) is 17.6. The van der Waals surface area contributed by atoms with Crippen LogP contribution in [-0.2, 0) is 28.9 Å². The lowest BCUT2D eigenvalue weighted by atomic mass is 10.1. The topological polar surface area (TPSA) is 42.0 Å². The molecule has 3 rings (SSSR count). The van der Waals surface area contributed by atoms with E-state index >= 15 is 0 Å². The molecule has 0 atom stereocenters. The van der Waals surface area contributed by atoms with Gasteiger partial charge in [-0.05, 0) is 42.2 Å². The number of hydrogen-bond donors (Lipinski definition) is 0. The van der Waals surface area contributed by atoms with Crippen molar-refractivity contribution in [1.29, 1.82) is 0 Å². The van der Waals surface area contributed by atoms with E-state index in [0.29, 0.717) is 13.0 Å². The lowest BCUT2D eigenvalue weighted by Crippen LogP contribution is -2.46. The summed E-state index contributed by atoms with van der Waals surface area (Å²) >= 11 is 0. The number of hydrogen-bond acceptors (Lipinski definition) is 5. The molecule has 0 saturated carbocycles. The molecule has 0 spiro atoms. The van der Waals surface area contributed by atoms with Crippen LogP contribution in [0.2, 0.25) is 0 Å². The van der Waals surface area contributed by atoms with E-state index in [9.17, 15) is 4.79 Å².